The molecule has 0 amide bonds. The van der Waals surface area contributed by atoms with E-state index in [1.54, 1.807) is 36.4 Å². The molecule has 0 atom stereocenters. The normalized spacial score (nSPS) is 11.4. The highest BCUT2D eigenvalue weighted by Crippen LogP contribution is 2.29. The molecule has 0 aliphatic rings. The number of nitrogens with two attached hydrogens (primary N) is 1. The van der Waals surface area contributed by atoms with Gasteiger partial charge in [-0.15, -0.1) is 0 Å². The van der Waals surface area contributed by atoms with E-state index >= 15 is 0 Å². The van der Waals surface area contributed by atoms with Crippen molar-refractivity contribution in [3.8, 4) is 5.75 Å². The first-order chi connectivity index (χ1) is 12.7. The fourth-order valence-corrected chi connectivity index (χ4v) is 3.13. The van der Waals surface area contributed by atoms with Gasteiger partial charge in [0.1, 0.15) is 11.6 Å². The van der Waals surface area contributed by atoms with E-state index in [9.17, 15) is 4.79 Å². The van der Waals surface area contributed by atoms with Crippen molar-refractivity contribution in [1.29, 1.82) is 5.41 Å². The summed E-state index contributed by atoms with van der Waals surface area (Å²) >= 11 is 0. The van der Waals surface area contributed by atoms with E-state index in [2.05, 4.69) is 20.8 Å². The van der Waals surface area contributed by atoms with Crippen molar-refractivity contribution in [1.82, 2.24) is 0 Å². The predicted molar refractivity (Wildman–Crippen MR) is 110 cm³/mol. The number of nitrogens with one attached hydrogen (secondary N) is 1. The van der Waals surface area contributed by atoms with Gasteiger partial charge in [0, 0.05) is 10.9 Å². The average molecular weight is 360 g/mol. The zero-order valence-electron chi connectivity index (χ0n) is 15.9. The third kappa shape index (κ3) is 4.34. The Hall–Kier alpha value is -3.14. The Labute approximate surface area is 159 Å². The van der Waals surface area contributed by atoms with Crippen LogP contribution < -0.4 is 10.5 Å². The molecule has 0 saturated heterocycles. The van der Waals surface area contributed by atoms with Crippen molar-refractivity contribution in [2.45, 2.75) is 27.2 Å². The maximum absolute atomic E-state index is 12.6. The van der Waals surface area contributed by atoms with E-state index in [4.69, 9.17) is 15.9 Å². The highest BCUT2D eigenvalue weighted by atomic mass is 16.5. The second kappa shape index (κ2) is 7.23. The van der Waals surface area contributed by atoms with Crippen molar-refractivity contribution in [3.05, 3.63) is 77.4 Å². The summed E-state index contributed by atoms with van der Waals surface area (Å²) in [5, 5.41) is 9.26. The monoisotopic (exact) mass is 360 g/mol. The zero-order valence-corrected chi connectivity index (χ0v) is 15.9. The molecular weight excluding hydrogens is 336 g/mol. The van der Waals surface area contributed by atoms with Gasteiger partial charge in [0.2, 0.25) is 0 Å². The fraction of sp³-hybridized carbons (Fsp3) is 0.217. The first kappa shape index (κ1) is 18.6. The summed E-state index contributed by atoms with van der Waals surface area (Å²) in [6.45, 7) is 6.56. The molecule has 0 aromatic heterocycles. The molecule has 3 N–H and O–H groups in total. The number of benzene rings is 3. The quantitative estimate of drug-likeness (QED) is 0.300. The third-order valence-electron chi connectivity index (χ3n) is 4.30. The van der Waals surface area contributed by atoms with Gasteiger partial charge in [0.15, 0.2) is 0 Å². The van der Waals surface area contributed by atoms with Gasteiger partial charge in [0.05, 0.1) is 5.56 Å². The Morgan fingerprint density at radius 3 is 2.22 bits per heavy atom. The van der Waals surface area contributed by atoms with Crippen LogP contribution in [0.2, 0.25) is 0 Å². The van der Waals surface area contributed by atoms with Crippen LogP contribution in [0.25, 0.3) is 10.8 Å². The molecule has 4 heteroatoms. The standard InChI is InChI=1S/C23H24N2O2/c1-23(2,3)14-15-10-12-16(13-11-15)22(26)27-20-9-5-6-17-18(20)7-4-8-19(17)21(24)25/h4-13H,14H2,1-3H3,(H3,24,25). The number of hydrogen-bond acceptors (Lipinski definition) is 3. The van der Waals surface area contributed by atoms with Crippen molar-refractivity contribution in [2.24, 2.45) is 11.1 Å². The van der Waals surface area contributed by atoms with Gasteiger partial charge in [-0.3, -0.25) is 5.41 Å². The molecule has 0 radical (unpaired) electrons. The summed E-state index contributed by atoms with van der Waals surface area (Å²) in [6, 6.07) is 18.4. The molecule has 0 spiro atoms. The molecule has 3 rings (SSSR count). The Morgan fingerprint density at radius 1 is 0.963 bits per heavy atom. The molecular formula is C23H24N2O2. The van der Waals surface area contributed by atoms with Crippen LogP contribution in [0.4, 0.5) is 0 Å². The van der Waals surface area contributed by atoms with Crippen LogP contribution in [-0.2, 0) is 6.42 Å². The third-order valence-corrected chi connectivity index (χ3v) is 4.30. The Morgan fingerprint density at radius 2 is 1.59 bits per heavy atom. The highest BCUT2D eigenvalue weighted by Gasteiger charge is 2.14. The summed E-state index contributed by atoms with van der Waals surface area (Å²) in [5.74, 6) is 0.0379. The molecule has 0 heterocycles. The fourth-order valence-electron chi connectivity index (χ4n) is 3.13. The Balaban J connectivity index is 1.86. The molecule has 4 nitrogen and oxygen atoms in total. The molecule has 0 bridgehead atoms. The SMILES string of the molecule is CC(C)(C)Cc1ccc(C(=O)Oc2cccc3c(C(=N)N)cccc23)cc1. The smallest absolute Gasteiger partial charge is 0.343 e. The van der Waals surface area contributed by atoms with Crippen LogP contribution >= 0.6 is 0 Å². The van der Waals surface area contributed by atoms with Crippen LogP contribution in [0.15, 0.2) is 60.7 Å². The second-order valence-corrected chi connectivity index (χ2v) is 7.89. The largest absolute Gasteiger partial charge is 0.422 e. The predicted octanol–water partition coefficient (Wildman–Crippen LogP) is 4.93. The van der Waals surface area contributed by atoms with Crippen LogP contribution in [0.5, 0.6) is 5.75 Å². The lowest BCUT2D eigenvalue weighted by Gasteiger charge is -2.18. The van der Waals surface area contributed by atoms with Crippen molar-refractivity contribution < 1.29 is 9.53 Å². The van der Waals surface area contributed by atoms with Crippen molar-refractivity contribution >= 4 is 22.6 Å². The minimum Gasteiger partial charge on any atom is -0.422 e. The summed E-state index contributed by atoms with van der Waals surface area (Å²) in [6.07, 6.45) is 0.944. The molecule has 0 aliphatic carbocycles. The number of fused-ring (bicyclic) bond motifs is 1. The number of carbonyl (C=O) groups is 1. The van der Waals surface area contributed by atoms with E-state index in [-0.39, 0.29) is 11.3 Å². The second-order valence-electron chi connectivity index (χ2n) is 7.89. The molecule has 27 heavy (non-hydrogen) atoms. The number of rotatable bonds is 4. The number of amidine groups is 1. The summed E-state index contributed by atoms with van der Waals surface area (Å²) < 4.78 is 5.64. The Bertz CT molecular complexity index is 999. The van der Waals surface area contributed by atoms with Gasteiger partial charge < -0.3 is 10.5 Å². The van der Waals surface area contributed by atoms with E-state index in [0.717, 1.165) is 17.2 Å². The number of carbonyl (C=O) groups excluding carboxylic acids is 1. The Kier molecular flexibility index (Phi) is 5.00. The zero-order chi connectivity index (χ0) is 19.6. The van der Waals surface area contributed by atoms with Crippen molar-refractivity contribution in [2.75, 3.05) is 0 Å². The van der Waals surface area contributed by atoms with Gasteiger partial charge in [-0.1, -0.05) is 63.2 Å². The van der Waals surface area contributed by atoms with Crippen LogP contribution in [0.3, 0.4) is 0 Å². The number of ether oxygens (including phenoxy) is 1. The van der Waals surface area contributed by atoms with Crippen LogP contribution in [0.1, 0.15) is 42.3 Å². The van der Waals surface area contributed by atoms with Crippen LogP contribution in [0, 0.1) is 10.8 Å². The number of hydrogen-bond donors (Lipinski definition) is 2. The van der Waals surface area contributed by atoms with E-state index < -0.39 is 5.97 Å². The van der Waals surface area contributed by atoms with E-state index in [1.165, 1.54) is 5.56 Å². The number of nitrogen functional groups attached to an aromatic ring is 1. The minimum atomic E-state index is -0.405. The molecule has 138 valence electrons. The number of esters is 1. The molecule has 0 aliphatic heterocycles. The summed E-state index contributed by atoms with van der Waals surface area (Å²) in [4.78, 5) is 12.6. The van der Waals surface area contributed by atoms with Gasteiger partial charge in [-0.2, -0.15) is 0 Å². The maximum atomic E-state index is 12.6. The lowest BCUT2D eigenvalue weighted by molar-refractivity contribution is 0.0737. The molecule has 0 saturated carbocycles. The van der Waals surface area contributed by atoms with Gasteiger partial charge in [0.25, 0.3) is 0 Å². The van der Waals surface area contributed by atoms with Crippen LogP contribution in [-0.4, -0.2) is 11.8 Å². The van der Waals surface area contributed by atoms with E-state index in [1.807, 2.05) is 24.3 Å². The lowest BCUT2D eigenvalue weighted by Crippen LogP contribution is -2.12. The first-order valence-corrected chi connectivity index (χ1v) is 8.92. The first-order valence-electron chi connectivity index (χ1n) is 8.92. The van der Waals surface area contributed by atoms with Gasteiger partial charge in [-0.25, -0.2) is 4.79 Å². The molecule has 3 aromatic rings. The van der Waals surface area contributed by atoms with E-state index in [0.29, 0.717) is 16.9 Å². The maximum Gasteiger partial charge on any atom is 0.343 e. The topological polar surface area (TPSA) is 76.2 Å². The molecule has 3 aromatic carbocycles. The lowest BCUT2D eigenvalue weighted by atomic mass is 9.88. The molecule has 0 unspecified atom stereocenters. The highest BCUT2D eigenvalue weighted by molar-refractivity contribution is 6.09. The minimum absolute atomic E-state index is 0.0153. The average Bonchev–Trinajstić information content (AvgIpc) is 2.60. The molecule has 0 fully saturated rings. The summed E-state index contributed by atoms with van der Waals surface area (Å²) in [7, 11) is 0. The van der Waals surface area contributed by atoms with Gasteiger partial charge >= 0.3 is 5.97 Å². The summed E-state index contributed by atoms with van der Waals surface area (Å²) in [5.41, 5.74) is 8.17. The van der Waals surface area contributed by atoms with Gasteiger partial charge in [-0.05, 0) is 41.0 Å². The van der Waals surface area contributed by atoms with Crippen molar-refractivity contribution in [3.63, 3.8) is 0 Å².